The summed E-state index contributed by atoms with van der Waals surface area (Å²) in [7, 11) is 1.31. The molecule has 3 N–H and O–H groups in total. The molecule has 0 aromatic carbocycles. The Morgan fingerprint density at radius 3 is 3.00 bits per heavy atom. The van der Waals surface area contributed by atoms with E-state index in [4.69, 9.17) is 10.2 Å². The number of nitrogens with two attached hydrogens (primary N) is 1. The minimum atomic E-state index is -0.495. The lowest BCUT2D eigenvalue weighted by molar-refractivity contribution is 0.0563. The number of furan rings is 1. The number of methoxy groups -OCH3 is 1. The van der Waals surface area contributed by atoms with Crippen LogP contribution in [0, 0.1) is 0 Å². The van der Waals surface area contributed by atoms with Gasteiger partial charge in [0.2, 0.25) is 5.76 Å². The van der Waals surface area contributed by atoms with Gasteiger partial charge in [0, 0.05) is 6.04 Å². The smallest absolute Gasteiger partial charge is 0.373 e. The maximum Gasteiger partial charge on any atom is 0.373 e. The zero-order chi connectivity index (χ0) is 13.0. The Morgan fingerprint density at radius 1 is 1.61 bits per heavy atom. The number of aliphatic imine (C=N–C) groups is 1. The van der Waals surface area contributed by atoms with Crippen molar-refractivity contribution in [3.05, 3.63) is 23.7 Å². The normalized spacial score (nSPS) is 16.2. The second kappa shape index (κ2) is 5.57. The van der Waals surface area contributed by atoms with Gasteiger partial charge in [-0.15, -0.1) is 0 Å². The summed E-state index contributed by atoms with van der Waals surface area (Å²) < 4.78 is 9.81. The minimum Gasteiger partial charge on any atom is -0.463 e. The molecule has 0 atom stereocenters. The van der Waals surface area contributed by atoms with Gasteiger partial charge in [0.05, 0.1) is 7.11 Å². The third-order valence-corrected chi connectivity index (χ3v) is 2.91. The molecule has 6 heteroatoms. The van der Waals surface area contributed by atoms with Crippen LogP contribution in [0.5, 0.6) is 0 Å². The van der Waals surface area contributed by atoms with Crippen molar-refractivity contribution in [1.82, 2.24) is 5.32 Å². The largest absolute Gasteiger partial charge is 0.463 e. The zero-order valence-electron chi connectivity index (χ0n) is 10.3. The highest BCUT2D eigenvalue weighted by atomic mass is 16.5. The second-order valence-electron chi connectivity index (χ2n) is 4.23. The molecule has 0 amide bonds. The van der Waals surface area contributed by atoms with Crippen LogP contribution in [-0.4, -0.2) is 25.1 Å². The predicted molar refractivity (Wildman–Crippen MR) is 66.1 cm³/mol. The van der Waals surface area contributed by atoms with Crippen LogP contribution in [0.1, 0.15) is 35.6 Å². The summed E-state index contributed by atoms with van der Waals surface area (Å²) in [5, 5.41) is 3.12. The molecule has 98 valence electrons. The van der Waals surface area contributed by atoms with Gasteiger partial charge in [-0.1, -0.05) is 0 Å². The van der Waals surface area contributed by atoms with Crippen molar-refractivity contribution in [2.24, 2.45) is 10.7 Å². The molecule has 2 rings (SSSR count). The van der Waals surface area contributed by atoms with Gasteiger partial charge in [-0.25, -0.2) is 9.79 Å². The lowest BCUT2D eigenvalue weighted by atomic mass is 9.93. The standard InChI is InChI=1S/C12H17N3O3/c1-17-11(16)10-6-5-9(18-10)7-14-12(13)15-8-3-2-4-8/h5-6,8H,2-4,7H2,1H3,(H3,13,14,15). The molecule has 0 unspecified atom stereocenters. The van der Waals surface area contributed by atoms with Crippen molar-refractivity contribution in [2.45, 2.75) is 31.8 Å². The molecule has 0 aliphatic heterocycles. The summed E-state index contributed by atoms with van der Waals surface area (Å²) in [5.41, 5.74) is 5.73. The van der Waals surface area contributed by atoms with Crippen LogP contribution in [0.2, 0.25) is 0 Å². The lowest BCUT2D eigenvalue weighted by Gasteiger charge is -2.26. The average molecular weight is 251 g/mol. The van der Waals surface area contributed by atoms with Gasteiger partial charge in [0.1, 0.15) is 12.3 Å². The molecule has 1 aliphatic carbocycles. The van der Waals surface area contributed by atoms with Gasteiger partial charge in [-0.3, -0.25) is 0 Å². The third-order valence-electron chi connectivity index (χ3n) is 2.91. The Morgan fingerprint density at radius 2 is 2.39 bits per heavy atom. The number of hydrogen-bond donors (Lipinski definition) is 2. The number of carbonyl (C=O) groups is 1. The van der Waals surface area contributed by atoms with Crippen molar-refractivity contribution in [2.75, 3.05) is 7.11 Å². The summed E-state index contributed by atoms with van der Waals surface area (Å²) in [5.74, 6) is 0.670. The predicted octanol–water partition coefficient (Wildman–Crippen LogP) is 1.02. The highest BCUT2D eigenvalue weighted by Gasteiger charge is 2.17. The maximum absolute atomic E-state index is 11.2. The summed E-state index contributed by atoms with van der Waals surface area (Å²) in [6, 6.07) is 3.70. The van der Waals surface area contributed by atoms with Gasteiger partial charge in [0.25, 0.3) is 0 Å². The van der Waals surface area contributed by atoms with Gasteiger partial charge in [-0.05, 0) is 31.4 Å². The summed E-state index contributed by atoms with van der Waals surface area (Å²) >= 11 is 0. The Hall–Kier alpha value is -1.98. The Bertz CT molecular complexity index is 449. The summed E-state index contributed by atoms with van der Waals surface area (Å²) in [6.45, 7) is 0.308. The average Bonchev–Trinajstić information content (AvgIpc) is 2.79. The highest BCUT2D eigenvalue weighted by Crippen LogP contribution is 2.17. The molecule has 1 fully saturated rings. The first-order valence-electron chi connectivity index (χ1n) is 5.92. The fourth-order valence-electron chi connectivity index (χ4n) is 1.64. The topological polar surface area (TPSA) is 89.8 Å². The lowest BCUT2D eigenvalue weighted by Crippen LogP contribution is -2.43. The van der Waals surface area contributed by atoms with Crippen molar-refractivity contribution in [1.29, 1.82) is 0 Å². The molecule has 0 radical (unpaired) electrons. The summed E-state index contributed by atoms with van der Waals surface area (Å²) in [4.78, 5) is 15.3. The van der Waals surface area contributed by atoms with Crippen molar-refractivity contribution in [3.63, 3.8) is 0 Å². The van der Waals surface area contributed by atoms with Gasteiger partial charge < -0.3 is 20.2 Å². The Kier molecular flexibility index (Phi) is 3.86. The molecule has 1 aromatic heterocycles. The molecule has 1 aliphatic rings. The Balaban J connectivity index is 1.86. The second-order valence-corrected chi connectivity index (χ2v) is 4.23. The number of hydrogen-bond acceptors (Lipinski definition) is 4. The van der Waals surface area contributed by atoms with E-state index in [1.165, 1.54) is 13.5 Å². The number of nitrogens with one attached hydrogen (secondary N) is 1. The minimum absolute atomic E-state index is 0.174. The fourth-order valence-corrected chi connectivity index (χ4v) is 1.64. The fraction of sp³-hybridized carbons (Fsp3) is 0.500. The van der Waals surface area contributed by atoms with Gasteiger partial charge >= 0.3 is 5.97 Å². The zero-order valence-corrected chi connectivity index (χ0v) is 10.3. The number of nitrogens with zero attached hydrogens (tertiary/aromatic N) is 1. The van der Waals surface area contributed by atoms with E-state index in [0.717, 1.165) is 12.8 Å². The van der Waals surface area contributed by atoms with Crippen LogP contribution in [-0.2, 0) is 11.3 Å². The van der Waals surface area contributed by atoms with E-state index in [1.54, 1.807) is 12.1 Å². The molecular weight excluding hydrogens is 234 g/mol. The SMILES string of the molecule is COC(=O)c1ccc(CN=C(N)NC2CCC2)o1. The number of ether oxygens (including phenoxy) is 1. The van der Waals surface area contributed by atoms with E-state index in [0.29, 0.717) is 24.3 Å². The van der Waals surface area contributed by atoms with Gasteiger partial charge in [0.15, 0.2) is 5.96 Å². The van der Waals surface area contributed by atoms with Crippen molar-refractivity contribution >= 4 is 11.9 Å². The molecule has 1 saturated carbocycles. The van der Waals surface area contributed by atoms with Crippen LogP contribution in [0.3, 0.4) is 0 Å². The first-order chi connectivity index (χ1) is 8.69. The molecular formula is C12H17N3O3. The first kappa shape index (κ1) is 12.5. The first-order valence-corrected chi connectivity index (χ1v) is 5.92. The number of rotatable bonds is 4. The van der Waals surface area contributed by atoms with Crippen molar-refractivity contribution in [3.8, 4) is 0 Å². The quantitative estimate of drug-likeness (QED) is 0.474. The molecule has 1 aromatic rings. The number of guanidine groups is 1. The van der Waals surface area contributed by atoms with E-state index in [9.17, 15) is 4.79 Å². The third kappa shape index (κ3) is 3.03. The van der Waals surface area contributed by atoms with Gasteiger partial charge in [-0.2, -0.15) is 0 Å². The van der Waals surface area contributed by atoms with Crippen molar-refractivity contribution < 1.29 is 13.9 Å². The van der Waals surface area contributed by atoms with E-state index < -0.39 is 5.97 Å². The van der Waals surface area contributed by atoms with E-state index >= 15 is 0 Å². The molecule has 18 heavy (non-hydrogen) atoms. The molecule has 0 spiro atoms. The van der Waals surface area contributed by atoms with Crippen LogP contribution in [0.15, 0.2) is 21.5 Å². The monoisotopic (exact) mass is 251 g/mol. The molecule has 0 saturated heterocycles. The summed E-state index contributed by atoms with van der Waals surface area (Å²) in [6.07, 6.45) is 3.53. The molecule has 6 nitrogen and oxygen atoms in total. The molecule has 1 heterocycles. The van der Waals surface area contributed by atoms with E-state index in [-0.39, 0.29) is 5.76 Å². The van der Waals surface area contributed by atoms with E-state index in [1.807, 2.05) is 0 Å². The van der Waals surface area contributed by atoms with E-state index in [2.05, 4.69) is 15.0 Å². The van der Waals surface area contributed by atoms with Crippen LogP contribution in [0.4, 0.5) is 0 Å². The maximum atomic E-state index is 11.2. The number of esters is 1. The van der Waals surface area contributed by atoms with Crippen LogP contribution in [0.25, 0.3) is 0 Å². The van der Waals surface area contributed by atoms with Crippen LogP contribution < -0.4 is 11.1 Å². The number of carbonyl (C=O) groups excluding carboxylic acids is 1. The molecule has 0 bridgehead atoms. The van der Waals surface area contributed by atoms with Crippen LogP contribution >= 0.6 is 0 Å². The highest BCUT2D eigenvalue weighted by molar-refractivity contribution is 5.86. The Labute approximate surface area is 105 Å².